The van der Waals surface area contributed by atoms with E-state index in [2.05, 4.69) is 31.2 Å². The first-order chi connectivity index (χ1) is 14.9. The van der Waals surface area contributed by atoms with Crippen LogP contribution in [0.1, 0.15) is 49.9 Å². The van der Waals surface area contributed by atoms with Gasteiger partial charge in [0.2, 0.25) is 5.95 Å². The number of alkyl halides is 2. The second-order valence-electron chi connectivity index (χ2n) is 8.19. The van der Waals surface area contributed by atoms with Crippen molar-refractivity contribution in [3.05, 3.63) is 42.0 Å². The minimum Gasteiger partial charge on any atom is -0.393 e. The quantitative estimate of drug-likeness (QED) is 0.585. The molecule has 1 aliphatic rings. The fourth-order valence-electron chi connectivity index (χ4n) is 4.17. The van der Waals surface area contributed by atoms with Crippen LogP contribution in [0.3, 0.4) is 0 Å². The number of fused-ring (bicyclic) bond motifs is 1. The highest BCUT2D eigenvalue weighted by Crippen LogP contribution is 2.37. The third-order valence-corrected chi connectivity index (χ3v) is 5.72. The molecule has 0 unspecified atom stereocenters. The number of aromatic nitrogens is 4. The largest absolute Gasteiger partial charge is 0.393 e. The van der Waals surface area contributed by atoms with Crippen LogP contribution in [0.2, 0.25) is 0 Å². The van der Waals surface area contributed by atoms with Gasteiger partial charge in [-0.25, -0.2) is 9.50 Å². The minimum atomic E-state index is -2.81. The molecule has 0 bridgehead atoms. The van der Waals surface area contributed by atoms with Gasteiger partial charge in [-0.2, -0.15) is 8.78 Å². The minimum absolute atomic E-state index is 0.153. The van der Waals surface area contributed by atoms with E-state index in [0.29, 0.717) is 5.95 Å². The van der Waals surface area contributed by atoms with Gasteiger partial charge in [-0.1, -0.05) is 0 Å². The molecule has 2 N–H and O–H groups in total. The molecule has 7 nitrogen and oxygen atoms in total. The summed E-state index contributed by atoms with van der Waals surface area (Å²) < 4.78 is 30.9. The van der Waals surface area contributed by atoms with E-state index >= 15 is 0 Å². The van der Waals surface area contributed by atoms with Gasteiger partial charge < -0.3 is 15.2 Å². The number of hydrogen-bond acceptors (Lipinski definition) is 6. The van der Waals surface area contributed by atoms with Crippen molar-refractivity contribution in [1.82, 2.24) is 19.6 Å². The zero-order valence-electron chi connectivity index (χ0n) is 17.6. The number of aliphatic hydroxyl groups is 1. The van der Waals surface area contributed by atoms with Crippen molar-refractivity contribution < 1.29 is 18.6 Å². The van der Waals surface area contributed by atoms with E-state index in [9.17, 15) is 13.9 Å². The van der Waals surface area contributed by atoms with E-state index in [0.717, 1.165) is 53.7 Å². The lowest BCUT2D eigenvalue weighted by atomic mass is 9.85. The van der Waals surface area contributed by atoms with Crippen molar-refractivity contribution in [2.45, 2.75) is 64.2 Å². The molecule has 166 valence electrons. The third kappa shape index (κ3) is 4.99. The fourth-order valence-corrected chi connectivity index (χ4v) is 4.17. The summed E-state index contributed by atoms with van der Waals surface area (Å²) in [5.41, 5.74) is 4.91. The van der Waals surface area contributed by atoms with Crippen LogP contribution in [-0.2, 0) is 4.74 Å². The molecule has 0 saturated heterocycles. The molecule has 0 radical (unpaired) electrons. The molecule has 1 aliphatic carbocycles. The van der Waals surface area contributed by atoms with Crippen molar-refractivity contribution in [3.63, 3.8) is 0 Å². The van der Waals surface area contributed by atoms with Gasteiger partial charge in [0, 0.05) is 35.1 Å². The van der Waals surface area contributed by atoms with E-state index in [1.807, 2.05) is 23.6 Å². The van der Waals surface area contributed by atoms with E-state index in [4.69, 9.17) is 0 Å². The molecule has 0 spiro atoms. The maximum atomic E-state index is 12.3. The number of ether oxygens (including phenoxy) is 1. The molecule has 1 fully saturated rings. The number of aryl methyl sites for hydroxylation is 1. The van der Waals surface area contributed by atoms with Crippen LogP contribution < -0.4 is 5.32 Å². The number of aliphatic hydroxyl groups excluding tert-OH is 1. The van der Waals surface area contributed by atoms with E-state index < -0.39 is 6.61 Å². The molecule has 1 atom stereocenters. The predicted molar refractivity (Wildman–Crippen MR) is 113 cm³/mol. The molecule has 9 heteroatoms. The zero-order valence-corrected chi connectivity index (χ0v) is 17.6. The SMILES string of the molecule is Cc1cc(-c2cc([C@H]3CC[C@H](O)CC3)n3nc(N[C@@H](C)COC(F)F)ncc23)ccn1. The maximum Gasteiger partial charge on any atom is 0.345 e. The Labute approximate surface area is 179 Å². The van der Waals surface area contributed by atoms with Crippen LogP contribution in [0.4, 0.5) is 14.7 Å². The first-order valence-corrected chi connectivity index (χ1v) is 10.6. The van der Waals surface area contributed by atoms with Gasteiger partial charge in [0.15, 0.2) is 0 Å². The highest BCUT2D eigenvalue weighted by Gasteiger charge is 2.25. The van der Waals surface area contributed by atoms with Crippen LogP contribution in [0.5, 0.6) is 0 Å². The van der Waals surface area contributed by atoms with E-state index in [1.54, 1.807) is 19.3 Å². The molecule has 0 aromatic carbocycles. The number of nitrogens with zero attached hydrogens (tertiary/aromatic N) is 4. The summed E-state index contributed by atoms with van der Waals surface area (Å²) in [6.45, 7) is 0.726. The fraction of sp³-hybridized carbons (Fsp3) is 0.500. The van der Waals surface area contributed by atoms with Gasteiger partial charge in [0.05, 0.1) is 24.4 Å². The van der Waals surface area contributed by atoms with Gasteiger partial charge in [0.1, 0.15) is 0 Å². The van der Waals surface area contributed by atoms with Gasteiger partial charge in [-0.15, -0.1) is 5.10 Å². The van der Waals surface area contributed by atoms with Crippen molar-refractivity contribution >= 4 is 11.5 Å². The summed E-state index contributed by atoms with van der Waals surface area (Å²) in [4.78, 5) is 8.70. The number of nitrogens with one attached hydrogen (secondary N) is 1. The lowest BCUT2D eigenvalue weighted by Gasteiger charge is -2.25. The first kappa shape index (κ1) is 21.6. The summed E-state index contributed by atoms with van der Waals surface area (Å²) >= 11 is 0. The zero-order chi connectivity index (χ0) is 22.0. The van der Waals surface area contributed by atoms with Crippen molar-refractivity contribution in [1.29, 1.82) is 0 Å². The second kappa shape index (κ2) is 9.23. The summed E-state index contributed by atoms with van der Waals surface area (Å²) in [5.74, 6) is 0.623. The Morgan fingerprint density at radius 1 is 1.23 bits per heavy atom. The molecule has 31 heavy (non-hydrogen) atoms. The lowest BCUT2D eigenvalue weighted by Crippen LogP contribution is -2.25. The molecule has 4 rings (SSSR count). The summed E-state index contributed by atoms with van der Waals surface area (Å²) in [6, 6.07) is 5.76. The number of hydrogen-bond donors (Lipinski definition) is 2. The van der Waals surface area contributed by atoms with Gasteiger partial charge >= 0.3 is 6.61 Å². The monoisotopic (exact) mass is 431 g/mol. The highest BCUT2D eigenvalue weighted by atomic mass is 19.3. The smallest absolute Gasteiger partial charge is 0.345 e. The Morgan fingerprint density at radius 2 is 2.00 bits per heavy atom. The van der Waals surface area contributed by atoms with Gasteiger partial charge in [-0.3, -0.25) is 4.98 Å². The molecule has 0 aliphatic heterocycles. The molecule has 1 saturated carbocycles. The number of pyridine rings is 1. The van der Waals surface area contributed by atoms with Crippen LogP contribution in [-0.4, -0.2) is 50.1 Å². The lowest BCUT2D eigenvalue weighted by molar-refractivity contribution is -0.130. The molecular formula is C22H27F2N5O2. The average molecular weight is 431 g/mol. The Morgan fingerprint density at radius 3 is 2.71 bits per heavy atom. The Hall–Kier alpha value is -2.65. The Balaban J connectivity index is 1.70. The normalized spacial score (nSPS) is 20.3. The van der Waals surface area contributed by atoms with Crippen LogP contribution in [0.15, 0.2) is 30.6 Å². The standard InChI is InChI=1S/C22H27F2N5O2/c1-13-9-16(7-8-25-13)18-10-19(15-3-5-17(30)6-4-15)29-20(18)11-26-22(28-29)27-14(2)12-31-21(23)24/h7-11,14-15,17,21,30H,3-6,12H2,1-2H3,(H,27,28)/t14-,15-,17-/m0/s1. The maximum absolute atomic E-state index is 12.3. The van der Waals surface area contributed by atoms with Gasteiger partial charge in [-0.05, 0) is 63.3 Å². The molecule has 3 heterocycles. The topological polar surface area (TPSA) is 84.6 Å². The number of rotatable bonds is 7. The Kier molecular flexibility index (Phi) is 6.43. The number of anilines is 1. The van der Waals surface area contributed by atoms with Crippen LogP contribution in [0, 0.1) is 6.92 Å². The van der Waals surface area contributed by atoms with Crippen molar-refractivity contribution in [2.75, 3.05) is 11.9 Å². The molecule has 0 amide bonds. The third-order valence-electron chi connectivity index (χ3n) is 5.72. The van der Waals surface area contributed by atoms with Crippen molar-refractivity contribution in [3.8, 4) is 11.1 Å². The molecular weight excluding hydrogens is 404 g/mol. The summed E-state index contributed by atoms with van der Waals surface area (Å²) in [7, 11) is 0. The van der Waals surface area contributed by atoms with Crippen LogP contribution >= 0.6 is 0 Å². The van der Waals surface area contributed by atoms with Crippen molar-refractivity contribution in [2.24, 2.45) is 0 Å². The first-order valence-electron chi connectivity index (χ1n) is 10.6. The average Bonchev–Trinajstić information content (AvgIpc) is 3.12. The Bertz CT molecular complexity index is 1030. The van der Waals surface area contributed by atoms with E-state index in [1.165, 1.54) is 0 Å². The summed E-state index contributed by atoms with van der Waals surface area (Å²) in [5, 5.41) is 17.6. The van der Waals surface area contributed by atoms with Crippen LogP contribution in [0.25, 0.3) is 16.6 Å². The number of halogens is 2. The van der Waals surface area contributed by atoms with Gasteiger partial charge in [0.25, 0.3) is 0 Å². The summed E-state index contributed by atoms with van der Waals surface area (Å²) in [6.07, 6.45) is 6.59. The van der Waals surface area contributed by atoms with E-state index in [-0.39, 0.29) is 24.7 Å². The predicted octanol–water partition coefficient (Wildman–Crippen LogP) is 4.16. The second-order valence-corrected chi connectivity index (χ2v) is 8.19. The highest BCUT2D eigenvalue weighted by molar-refractivity contribution is 5.81. The molecule has 3 aromatic heterocycles. The molecule has 3 aromatic rings.